The average molecular weight is 284 g/mol. The summed E-state index contributed by atoms with van der Waals surface area (Å²) in [5.74, 6) is 0.0668. The van der Waals surface area contributed by atoms with E-state index >= 15 is 0 Å². The van der Waals surface area contributed by atoms with E-state index in [-0.39, 0.29) is 18.1 Å². The van der Waals surface area contributed by atoms with Gasteiger partial charge in [0.2, 0.25) is 5.95 Å². The Hall–Kier alpha value is -3.03. The topological polar surface area (TPSA) is 108 Å². The quantitative estimate of drug-likeness (QED) is 0.713. The number of aromatic nitrogens is 5. The summed E-state index contributed by atoms with van der Waals surface area (Å²) in [4.78, 5) is 24.2. The van der Waals surface area contributed by atoms with Crippen LogP contribution in [-0.2, 0) is 4.74 Å². The van der Waals surface area contributed by atoms with Crippen molar-refractivity contribution in [3.05, 3.63) is 36.3 Å². The second kappa shape index (κ2) is 5.16. The number of ether oxygens (including phenoxy) is 1. The van der Waals surface area contributed by atoms with Gasteiger partial charge in [0.25, 0.3) is 0 Å². The van der Waals surface area contributed by atoms with Crippen molar-refractivity contribution in [1.82, 2.24) is 24.6 Å². The zero-order valence-corrected chi connectivity index (χ0v) is 11.2. The van der Waals surface area contributed by atoms with E-state index in [2.05, 4.69) is 20.1 Å². The number of rotatable bonds is 3. The van der Waals surface area contributed by atoms with Gasteiger partial charge in [-0.15, -0.1) is 5.10 Å². The number of anilines is 1. The summed E-state index contributed by atoms with van der Waals surface area (Å²) in [6.45, 7) is 1.99. The van der Waals surface area contributed by atoms with Crippen molar-refractivity contribution in [1.29, 1.82) is 0 Å². The number of carbonyl (C=O) groups is 1. The van der Waals surface area contributed by atoms with Gasteiger partial charge in [-0.3, -0.25) is 4.98 Å². The number of nitrogen functional groups attached to an aromatic ring is 1. The first kappa shape index (κ1) is 13.0. The summed E-state index contributed by atoms with van der Waals surface area (Å²) in [5.41, 5.74) is 7.08. The van der Waals surface area contributed by atoms with Crippen molar-refractivity contribution >= 4 is 17.6 Å². The van der Waals surface area contributed by atoms with Gasteiger partial charge in [-0.1, -0.05) is 0 Å². The van der Waals surface area contributed by atoms with Gasteiger partial charge in [0.05, 0.1) is 6.61 Å². The normalized spacial score (nSPS) is 10.7. The predicted octanol–water partition coefficient (Wildman–Crippen LogP) is 0.945. The molecule has 0 saturated carbocycles. The smallest absolute Gasteiger partial charge is 0.343 e. The third kappa shape index (κ3) is 2.27. The highest BCUT2D eigenvalue weighted by Crippen LogP contribution is 2.19. The Morgan fingerprint density at radius 2 is 2.14 bits per heavy atom. The molecule has 3 aromatic rings. The van der Waals surface area contributed by atoms with Crippen molar-refractivity contribution in [2.45, 2.75) is 6.92 Å². The van der Waals surface area contributed by atoms with Crippen LogP contribution in [-0.4, -0.2) is 37.1 Å². The van der Waals surface area contributed by atoms with Gasteiger partial charge >= 0.3 is 5.97 Å². The van der Waals surface area contributed by atoms with Crippen LogP contribution in [0.5, 0.6) is 0 Å². The molecule has 2 N–H and O–H groups in total. The molecule has 3 rings (SSSR count). The molecule has 8 nitrogen and oxygen atoms in total. The highest BCUT2D eigenvalue weighted by Gasteiger charge is 2.18. The van der Waals surface area contributed by atoms with Crippen LogP contribution in [0.1, 0.15) is 17.3 Å². The fourth-order valence-corrected chi connectivity index (χ4v) is 1.87. The van der Waals surface area contributed by atoms with Gasteiger partial charge < -0.3 is 10.5 Å². The fourth-order valence-electron chi connectivity index (χ4n) is 1.87. The third-order valence-electron chi connectivity index (χ3n) is 2.82. The van der Waals surface area contributed by atoms with E-state index in [9.17, 15) is 4.79 Å². The van der Waals surface area contributed by atoms with Crippen LogP contribution in [0.15, 0.2) is 30.7 Å². The van der Waals surface area contributed by atoms with Crippen molar-refractivity contribution in [2.24, 2.45) is 0 Å². The van der Waals surface area contributed by atoms with Crippen molar-refractivity contribution in [3.63, 3.8) is 0 Å². The summed E-state index contributed by atoms with van der Waals surface area (Å²) in [7, 11) is 0. The molecule has 0 amide bonds. The molecule has 0 aliphatic heterocycles. The fraction of sp³-hybridized carbons (Fsp3) is 0.154. The first-order valence-corrected chi connectivity index (χ1v) is 6.29. The summed E-state index contributed by atoms with van der Waals surface area (Å²) >= 11 is 0. The lowest BCUT2D eigenvalue weighted by Gasteiger charge is -2.03. The maximum absolute atomic E-state index is 11.9. The van der Waals surface area contributed by atoms with Crippen LogP contribution >= 0.6 is 0 Å². The standard InChI is InChI=1S/C13H12N6O2/c1-2-21-12(20)9-7-16-13(14)19-11(9)17-10(18-19)8-3-5-15-6-4-8/h3-7H,2H2,1H3,(H2,14,16). The second-order valence-electron chi connectivity index (χ2n) is 4.16. The lowest BCUT2D eigenvalue weighted by molar-refractivity contribution is 0.0527. The molecule has 0 aliphatic rings. The Kier molecular flexibility index (Phi) is 3.19. The van der Waals surface area contributed by atoms with Gasteiger partial charge in [-0.25, -0.2) is 14.8 Å². The van der Waals surface area contributed by atoms with E-state index in [0.717, 1.165) is 5.56 Å². The van der Waals surface area contributed by atoms with Crippen LogP contribution in [0.4, 0.5) is 5.95 Å². The molecular weight excluding hydrogens is 272 g/mol. The van der Waals surface area contributed by atoms with E-state index in [1.54, 1.807) is 31.5 Å². The summed E-state index contributed by atoms with van der Waals surface area (Å²) in [6.07, 6.45) is 4.61. The Morgan fingerprint density at radius 1 is 1.38 bits per heavy atom. The maximum Gasteiger partial charge on any atom is 0.343 e. The molecule has 0 radical (unpaired) electrons. The number of hydrogen-bond acceptors (Lipinski definition) is 7. The maximum atomic E-state index is 11.9. The number of carbonyl (C=O) groups excluding carboxylic acids is 1. The molecule has 21 heavy (non-hydrogen) atoms. The molecule has 8 heteroatoms. The Balaban J connectivity index is 2.18. The molecule has 0 bridgehead atoms. The van der Waals surface area contributed by atoms with Crippen molar-refractivity contribution in [3.8, 4) is 11.4 Å². The van der Waals surface area contributed by atoms with Crippen LogP contribution in [0, 0.1) is 0 Å². The predicted molar refractivity (Wildman–Crippen MR) is 74.4 cm³/mol. The van der Waals surface area contributed by atoms with Gasteiger partial charge in [0.15, 0.2) is 11.5 Å². The van der Waals surface area contributed by atoms with Gasteiger partial charge in [0.1, 0.15) is 5.56 Å². The zero-order valence-electron chi connectivity index (χ0n) is 11.2. The molecule has 3 aromatic heterocycles. The van der Waals surface area contributed by atoms with Gasteiger partial charge in [0, 0.05) is 24.2 Å². The number of hydrogen-bond donors (Lipinski definition) is 1. The van der Waals surface area contributed by atoms with Crippen molar-refractivity contribution in [2.75, 3.05) is 12.3 Å². The number of fused-ring (bicyclic) bond motifs is 1. The van der Waals surface area contributed by atoms with E-state index < -0.39 is 5.97 Å². The van der Waals surface area contributed by atoms with E-state index in [1.807, 2.05) is 0 Å². The number of nitrogens with zero attached hydrogens (tertiary/aromatic N) is 5. The summed E-state index contributed by atoms with van der Waals surface area (Å²) in [5, 5.41) is 4.27. The largest absolute Gasteiger partial charge is 0.462 e. The van der Waals surface area contributed by atoms with Gasteiger partial charge in [-0.2, -0.15) is 4.52 Å². The minimum atomic E-state index is -0.510. The number of nitrogens with two attached hydrogens (primary N) is 1. The van der Waals surface area contributed by atoms with Crippen LogP contribution in [0.3, 0.4) is 0 Å². The van der Waals surface area contributed by atoms with Crippen molar-refractivity contribution < 1.29 is 9.53 Å². The second-order valence-corrected chi connectivity index (χ2v) is 4.16. The zero-order chi connectivity index (χ0) is 14.8. The van der Waals surface area contributed by atoms with E-state index in [4.69, 9.17) is 10.5 Å². The average Bonchev–Trinajstić information content (AvgIpc) is 2.95. The van der Waals surface area contributed by atoms with Gasteiger partial charge in [-0.05, 0) is 19.1 Å². The molecule has 0 atom stereocenters. The Morgan fingerprint density at radius 3 is 2.86 bits per heavy atom. The molecule has 106 valence electrons. The molecule has 0 aliphatic carbocycles. The minimum Gasteiger partial charge on any atom is -0.462 e. The summed E-state index contributed by atoms with van der Waals surface area (Å²) in [6, 6.07) is 3.53. The highest BCUT2D eigenvalue weighted by molar-refractivity contribution is 5.95. The molecule has 0 aromatic carbocycles. The van der Waals surface area contributed by atoms with Crippen LogP contribution in [0.2, 0.25) is 0 Å². The van der Waals surface area contributed by atoms with E-state index in [1.165, 1.54) is 10.7 Å². The molecule has 0 unspecified atom stereocenters. The Bertz CT molecular complexity index is 799. The molecule has 3 heterocycles. The van der Waals surface area contributed by atoms with E-state index in [0.29, 0.717) is 11.5 Å². The Labute approximate surface area is 119 Å². The monoisotopic (exact) mass is 284 g/mol. The molecular formula is C13H12N6O2. The first-order valence-electron chi connectivity index (χ1n) is 6.29. The lowest BCUT2D eigenvalue weighted by Crippen LogP contribution is -2.10. The minimum absolute atomic E-state index is 0.144. The summed E-state index contributed by atoms with van der Waals surface area (Å²) < 4.78 is 6.30. The van der Waals surface area contributed by atoms with Crippen LogP contribution in [0.25, 0.3) is 17.0 Å². The highest BCUT2D eigenvalue weighted by atomic mass is 16.5. The molecule has 0 saturated heterocycles. The SMILES string of the molecule is CCOC(=O)c1cnc(N)n2nc(-c3ccncc3)nc12. The van der Waals surface area contributed by atoms with Crippen LogP contribution < -0.4 is 5.73 Å². The first-order chi connectivity index (χ1) is 10.2. The molecule has 0 fully saturated rings. The lowest BCUT2D eigenvalue weighted by atomic mass is 10.2. The number of esters is 1. The molecule has 0 spiro atoms. The third-order valence-corrected chi connectivity index (χ3v) is 2.82. The number of pyridine rings is 1.